The van der Waals surface area contributed by atoms with Crippen LogP contribution in [0.4, 0.5) is 5.13 Å². The second-order valence-corrected chi connectivity index (χ2v) is 8.87. The maximum atomic E-state index is 12.9. The first-order chi connectivity index (χ1) is 14.6. The molecule has 156 valence electrons. The number of amides is 3. The van der Waals surface area contributed by atoms with Crippen molar-refractivity contribution in [2.24, 2.45) is 0 Å². The third-order valence-corrected chi connectivity index (χ3v) is 6.86. The number of nitrogens with zero attached hydrogens (tertiary/aromatic N) is 2. The minimum absolute atomic E-state index is 0.147. The summed E-state index contributed by atoms with van der Waals surface area (Å²) in [6.07, 6.45) is 1.76. The van der Waals surface area contributed by atoms with Crippen LogP contribution >= 0.6 is 11.3 Å². The van der Waals surface area contributed by atoms with Gasteiger partial charge < -0.3 is 15.5 Å². The second kappa shape index (κ2) is 7.81. The van der Waals surface area contributed by atoms with Gasteiger partial charge in [-0.15, -0.1) is 11.3 Å². The van der Waals surface area contributed by atoms with Crippen LogP contribution in [0.25, 0.3) is 0 Å². The van der Waals surface area contributed by atoms with E-state index in [0.29, 0.717) is 31.0 Å². The molecule has 0 spiro atoms. The molecule has 5 rings (SSSR count). The van der Waals surface area contributed by atoms with Crippen molar-refractivity contribution < 1.29 is 14.4 Å². The van der Waals surface area contributed by atoms with Gasteiger partial charge in [-0.05, 0) is 36.6 Å². The molecule has 1 unspecified atom stereocenters. The number of anilines is 1. The number of carbonyl (C=O) groups excluding carboxylic acids is 3. The van der Waals surface area contributed by atoms with Crippen molar-refractivity contribution in [3.8, 4) is 0 Å². The zero-order valence-corrected chi connectivity index (χ0v) is 17.3. The van der Waals surface area contributed by atoms with Crippen LogP contribution in [0.3, 0.4) is 0 Å². The molecule has 0 saturated carbocycles. The highest BCUT2D eigenvalue weighted by Crippen LogP contribution is 2.29. The molecule has 3 aliphatic rings. The van der Waals surface area contributed by atoms with E-state index < -0.39 is 6.04 Å². The molecule has 2 fully saturated rings. The molecule has 30 heavy (non-hydrogen) atoms. The first-order valence-electron chi connectivity index (χ1n) is 10.2. The average Bonchev–Trinajstić information content (AvgIpc) is 3.47. The Kier molecular flexibility index (Phi) is 5.00. The molecule has 3 amide bonds. The Hall–Kier alpha value is -2.78. The molecule has 0 bridgehead atoms. The van der Waals surface area contributed by atoms with Crippen LogP contribution in [0.15, 0.2) is 23.6 Å². The van der Waals surface area contributed by atoms with E-state index in [0.717, 1.165) is 41.5 Å². The largest absolute Gasteiger partial charge is 0.357 e. The average molecular weight is 426 g/mol. The van der Waals surface area contributed by atoms with E-state index in [1.165, 1.54) is 0 Å². The van der Waals surface area contributed by atoms with Gasteiger partial charge in [0.2, 0.25) is 11.8 Å². The smallest absolute Gasteiger partial charge is 0.255 e. The maximum absolute atomic E-state index is 12.9. The van der Waals surface area contributed by atoms with Gasteiger partial charge in [-0.25, -0.2) is 4.98 Å². The molecular formula is C21H23N5O3S. The van der Waals surface area contributed by atoms with E-state index in [4.69, 9.17) is 4.98 Å². The van der Waals surface area contributed by atoms with E-state index >= 15 is 0 Å². The lowest BCUT2D eigenvalue weighted by atomic mass is 10.0. The highest BCUT2D eigenvalue weighted by atomic mass is 32.1. The first-order valence-corrected chi connectivity index (χ1v) is 11.1. The number of rotatable bonds is 5. The van der Waals surface area contributed by atoms with E-state index in [1.807, 2.05) is 18.2 Å². The number of hydrogen-bond acceptors (Lipinski definition) is 7. The van der Waals surface area contributed by atoms with Crippen LogP contribution in [0.2, 0.25) is 0 Å². The highest BCUT2D eigenvalue weighted by Gasteiger charge is 2.39. The van der Waals surface area contributed by atoms with Gasteiger partial charge in [0, 0.05) is 42.9 Å². The fourth-order valence-corrected chi connectivity index (χ4v) is 5.14. The summed E-state index contributed by atoms with van der Waals surface area (Å²) in [4.78, 5) is 42.8. The molecule has 3 N–H and O–H groups in total. The second-order valence-electron chi connectivity index (χ2n) is 8.01. The van der Waals surface area contributed by atoms with Crippen molar-refractivity contribution in [1.82, 2.24) is 20.5 Å². The molecule has 1 aromatic carbocycles. The van der Waals surface area contributed by atoms with Gasteiger partial charge in [-0.3, -0.25) is 19.7 Å². The van der Waals surface area contributed by atoms with Gasteiger partial charge in [0.05, 0.1) is 5.69 Å². The number of thiazole rings is 1. The van der Waals surface area contributed by atoms with Crippen LogP contribution in [0.1, 0.15) is 52.4 Å². The number of imide groups is 1. The third-order valence-electron chi connectivity index (χ3n) is 6.04. The summed E-state index contributed by atoms with van der Waals surface area (Å²) in [5.74, 6) is -0.311. The Morgan fingerprint density at radius 1 is 1.23 bits per heavy atom. The van der Waals surface area contributed by atoms with Crippen LogP contribution in [0, 0.1) is 0 Å². The molecule has 2 saturated heterocycles. The lowest BCUT2D eigenvalue weighted by molar-refractivity contribution is -0.136. The van der Waals surface area contributed by atoms with E-state index in [9.17, 15) is 14.4 Å². The number of fused-ring (bicyclic) bond motifs is 1. The number of benzene rings is 1. The van der Waals surface area contributed by atoms with Gasteiger partial charge in [0.25, 0.3) is 5.91 Å². The number of aromatic nitrogens is 1. The van der Waals surface area contributed by atoms with Gasteiger partial charge in [0.15, 0.2) is 5.13 Å². The molecule has 8 nitrogen and oxygen atoms in total. The van der Waals surface area contributed by atoms with Crippen molar-refractivity contribution in [3.63, 3.8) is 0 Å². The molecular weight excluding hydrogens is 402 g/mol. The molecule has 0 radical (unpaired) electrons. The fourth-order valence-electron chi connectivity index (χ4n) is 4.35. The van der Waals surface area contributed by atoms with Crippen LogP contribution in [0.5, 0.6) is 0 Å². The van der Waals surface area contributed by atoms with Crippen LogP contribution in [-0.2, 0) is 22.7 Å². The lowest BCUT2D eigenvalue weighted by Crippen LogP contribution is -2.52. The van der Waals surface area contributed by atoms with Gasteiger partial charge in [-0.2, -0.15) is 0 Å². The third kappa shape index (κ3) is 3.59. The predicted octanol–water partition coefficient (Wildman–Crippen LogP) is 1.59. The fraction of sp³-hybridized carbons (Fsp3) is 0.429. The first kappa shape index (κ1) is 19.2. The molecule has 2 atom stereocenters. The molecule has 9 heteroatoms. The Morgan fingerprint density at radius 3 is 2.93 bits per heavy atom. The lowest BCUT2D eigenvalue weighted by Gasteiger charge is -2.29. The minimum Gasteiger partial charge on any atom is -0.357 e. The van der Waals surface area contributed by atoms with Crippen LogP contribution in [-0.4, -0.2) is 46.7 Å². The quantitative estimate of drug-likeness (QED) is 0.629. The van der Waals surface area contributed by atoms with Crippen molar-refractivity contribution in [3.05, 3.63) is 46.0 Å². The summed E-state index contributed by atoms with van der Waals surface area (Å²) in [7, 11) is 0. The SMILES string of the molecule is O=C1CCC(N2Cc3ccc(CNc4nc([C@H]5CCNC5)cs4)cc3C2=O)C(=O)N1. The Balaban J connectivity index is 1.25. The Bertz CT molecular complexity index is 1010. The standard InChI is InChI=1S/C21H23N5O3S/c27-18-4-3-17(19(28)25-18)26-10-14-2-1-12(7-15(14)20(26)29)8-23-21-24-16(11-30-21)13-5-6-22-9-13/h1-2,7,11,13,17,22H,3-6,8-10H2,(H,23,24)(H,25,27,28)/t13-,17?/m0/s1. The summed E-state index contributed by atoms with van der Waals surface area (Å²) in [5, 5.41) is 12.1. The molecule has 3 aliphatic heterocycles. The van der Waals surface area contributed by atoms with E-state index in [2.05, 4.69) is 21.3 Å². The van der Waals surface area contributed by atoms with Gasteiger partial charge >= 0.3 is 0 Å². The van der Waals surface area contributed by atoms with Crippen molar-refractivity contribution in [1.29, 1.82) is 0 Å². The summed E-state index contributed by atoms with van der Waals surface area (Å²) in [5.41, 5.74) is 3.68. The molecule has 4 heterocycles. The summed E-state index contributed by atoms with van der Waals surface area (Å²) in [6.45, 7) is 3.01. The number of carbonyl (C=O) groups is 3. The maximum Gasteiger partial charge on any atom is 0.255 e. The normalized spacial score (nSPS) is 23.6. The number of nitrogens with one attached hydrogen (secondary N) is 3. The molecule has 2 aromatic rings. The number of hydrogen-bond donors (Lipinski definition) is 3. The predicted molar refractivity (Wildman–Crippen MR) is 112 cm³/mol. The highest BCUT2D eigenvalue weighted by molar-refractivity contribution is 7.13. The zero-order valence-electron chi connectivity index (χ0n) is 16.4. The van der Waals surface area contributed by atoms with Crippen molar-refractivity contribution >= 4 is 34.2 Å². The Labute approximate surface area is 178 Å². The summed E-state index contributed by atoms with van der Waals surface area (Å²) >= 11 is 1.60. The topological polar surface area (TPSA) is 103 Å². The monoisotopic (exact) mass is 425 g/mol. The Morgan fingerprint density at radius 2 is 2.13 bits per heavy atom. The van der Waals surface area contributed by atoms with E-state index in [-0.39, 0.29) is 24.1 Å². The summed E-state index contributed by atoms with van der Waals surface area (Å²) in [6, 6.07) is 5.27. The van der Waals surface area contributed by atoms with Crippen molar-refractivity contribution in [2.45, 2.75) is 44.3 Å². The molecule has 1 aromatic heterocycles. The van der Waals surface area contributed by atoms with Gasteiger partial charge in [0.1, 0.15) is 6.04 Å². The van der Waals surface area contributed by atoms with E-state index in [1.54, 1.807) is 16.2 Å². The zero-order chi connectivity index (χ0) is 20.7. The summed E-state index contributed by atoms with van der Waals surface area (Å²) < 4.78 is 0. The number of piperidine rings is 1. The molecule has 0 aliphatic carbocycles. The minimum atomic E-state index is -0.581. The van der Waals surface area contributed by atoms with Crippen molar-refractivity contribution in [2.75, 3.05) is 18.4 Å². The van der Waals surface area contributed by atoms with Crippen LogP contribution < -0.4 is 16.0 Å². The van der Waals surface area contributed by atoms with Gasteiger partial charge in [-0.1, -0.05) is 12.1 Å².